The van der Waals surface area contributed by atoms with Crippen molar-refractivity contribution in [3.05, 3.63) is 44.0 Å². The first-order valence-corrected chi connectivity index (χ1v) is 6.25. The van der Waals surface area contributed by atoms with E-state index in [1.807, 2.05) is 0 Å². The third-order valence-corrected chi connectivity index (χ3v) is 4.04. The normalized spacial score (nSPS) is 27.9. The van der Waals surface area contributed by atoms with E-state index in [1.54, 1.807) is 0 Å². The van der Waals surface area contributed by atoms with Crippen LogP contribution < -0.4 is 0 Å². The molecule has 1 aromatic rings. The first-order chi connectivity index (χ1) is 9.08. The molecule has 1 saturated heterocycles. The summed E-state index contributed by atoms with van der Waals surface area (Å²) in [6, 6.07) is 5.02. The van der Waals surface area contributed by atoms with Crippen LogP contribution in [0.25, 0.3) is 0 Å². The van der Waals surface area contributed by atoms with Crippen LogP contribution in [0.15, 0.2) is 18.2 Å². The topological polar surface area (TPSA) is 89.3 Å². The van der Waals surface area contributed by atoms with Crippen molar-refractivity contribution >= 4 is 11.4 Å². The van der Waals surface area contributed by atoms with Gasteiger partial charge in [-0.1, -0.05) is 6.42 Å². The molecule has 0 aromatic heterocycles. The van der Waals surface area contributed by atoms with Crippen LogP contribution in [0, 0.1) is 20.2 Å². The molecular weight excluding hydrogens is 250 g/mol. The Hall–Kier alpha value is -2.02. The maximum absolute atomic E-state index is 11.0. The van der Waals surface area contributed by atoms with E-state index < -0.39 is 9.85 Å². The highest BCUT2D eigenvalue weighted by Gasteiger charge is 2.50. The van der Waals surface area contributed by atoms with Crippen LogP contribution in [0.3, 0.4) is 0 Å². The molecule has 2 atom stereocenters. The van der Waals surface area contributed by atoms with Crippen molar-refractivity contribution in [1.82, 2.24) is 4.90 Å². The summed E-state index contributed by atoms with van der Waals surface area (Å²) in [5, 5.41) is 21.7. The van der Waals surface area contributed by atoms with Crippen molar-refractivity contribution in [2.45, 2.75) is 37.9 Å². The second-order valence-corrected chi connectivity index (χ2v) is 5.07. The molecule has 0 N–H and O–H groups in total. The summed E-state index contributed by atoms with van der Waals surface area (Å²) in [5.74, 6) is 0. The molecule has 2 aliphatic rings. The lowest BCUT2D eigenvalue weighted by molar-refractivity contribution is -0.394. The Morgan fingerprint density at radius 2 is 1.84 bits per heavy atom. The summed E-state index contributed by atoms with van der Waals surface area (Å²) in [4.78, 5) is 22.7. The van der Waals surface area contributed by atoms with Gasteiger partial charge in [-0.25, -0.2) is 0 Å². The molecule has 100 valence electrons. The van der Waals surface area contributed by atoms with Gasteiger partial charge < -0.3 is 0 Å². The molecule has 1 heterocycles. The fourth-order valence-corrected chi connectivity index (χ4v) is 3.05. The zero-order valence-electron chi connectivity index (χ0n) is 10.2. The third kappa shape index (κ3) is 2.06. The van der Waals surface area contributed by atoms with E-state index in [4.69, 9.17) is 0 Å². The minimum atomic E-state index is -0.608. The standard InChI is InChI=1S/C12H13N3O4/c16-14(17)9-5-4-8(12(6-9)15(18)19)7-13-10-2-1-3-11(10)13/h4-6,10-11H,1-3,7H2. The lowest BCUT2D eigenvalue weighted by atomic mass is 10.1. The Morgan fingerprint density at radius 1 is 1.16 bits per heavy atom. The maximum atomic E-state index is 11.0. The molecule has 2 unspecified atom stereocenters. The minimum Gasteiger partial charge on any atom is -0.290 e. The van der Waals surface area contributed by atoms with E-state index in [0.717, 1.165) is 18.9 Å². The number of nitro groups is 2. The van der Waals surface area contributed by atoms with Gasteiger partial charge in [-0.15, -0.1) is 0 Å². The highest BCUT2D eigenvalue weighted by atomic mass is 16.6. The molecule has 1 saturated carbocycles. The number of fused-ring (bicyclic) bond motifs is 1. The first kappa shape index (κ1) is 12.0. The van der Waals surface area contributed by atoms with Gasteiger partial charge in [0.15, 0.2) is 0 Å². The smallest absolute Gasteiger partial charge is 0.280 e. The fourth-order valence-electron chi connectivity index (χ4n) is 3.05. The van der Waals surface area contributed by atoms with Crippen molar-refractivity contribution in [3.63, 3.8) is 0 Å². The van der Waals surface area contributed by atoms with Crippen LogP contribution in [0.5, 0.6) is 0 Å². The molecule has 1 aliphatic carbocycles. The zero-order chi connectivity index (χ0) is 13.6. The number of likely N-dealkylation sites (tertiary alicyclic amines) is 1. The SMILES string of the molecule is O=[N+]([O-])c1ccc(CN2C3CCCC32)c([N+](=O)[O-])c1. The lowest BCUT2D eigenvalue weighted by Gasteiger charge is -2.07. The van der Waals surface area contributed by atoms with Gasteiger partial charge in [0.1, 0.15) is 0 Å². The minimum absolute atomic E-state index is 0.154. The average molecular weight is 263 g/mol. The molecular formula is C12H13N3O4. The van der Waals surface area contributed by atoms with Gasteiger partial charge in [-0.3, -0.25) is 25.1 Å². The van der Waals surface area contributed by atoms with Gasteiger partial charge >= 0.3 is 0 Å². The molecule has 2 fully saturated rings. The maximum Gasteiger partial charge on any atom is 0.280 e. The molecule has 7 heteroatoms. The zero-order valence-corrected chi connectivity index (χ0v) is 10.2. The Bertz CT molecular complexity index is 550. The summed E-state index contributed by atoms with van der Waals surface area (Å²) >= 11 is 0. The van der Waals surface area contributed by atoms with Crippen LogP contribution in [0.2, 0.25) is 0 Å². The lowest BCUT2D eigenvalue weighted by Crippen LogP contribution is -2.08. The number of rotatable bonds is 4. The van der Waals surface area contributed by atoms with Gasteiger partial charge in [-0.05, 0) is 18.9 Å². The number of non-ortho nitro benzene ring substituents is 1. The van der Waals surface area contributed by atoms with Crippen LogP contribution >= 0.6 is 0 Å². The largest absolute Gasteiger partial charge is 0.290 e. The van der Waals surface area contributed by atoms with Crippen molar-refractivity contribution in [2.24, 2.45) is 0 Å². The van der Waals surface area contributed by atoms with Crippen molar-refractivity contribution in [1.29, 1.82) is 0 Å². The molecule has 19 heavy (non-hydrogen) atoms. The van der Waals surface area contributed by atoms with Gasteiger partial charge in [0, 0.05) is 30.3 Å². The molecule has 1 aliphatic heterocycles. The van der Waals surface area contributed by atoms with Crippen LogP contribution in [-0.4, -0.2) is 26.8 Å². The number of hydrogen-bond donors (Lipinski definition) is 0. The summed E-state index contributed by atoms with van der Waals surface area (Å²) in [7, 11) is 0. The number of nitrogens with zero attached hydrogens (tertiary/aromatic N) is 3. The van der Waals surface area contributed by atoms with Crippen molar-refractivity contribution in [3.8, 4) is 0 Å². The Morgan fingerprint density at radius 3 is 2.42 bits per heavy atom. The van der Waals surface area contributed by atoms with Gasteiger partial charge in [0.05, 0.1) is 15.9 Å². The van der Waals surface area contributed by atoms with Crippen LogP contribution in [-0.2, 0) is 6.54 Å². The summed E-state index contributed by atoms with van der Waals surface area (Å²) in [5.41, 5.74) is 0.172. The summed E-state index contributed by atoms with van der Waals surface area (Å²) in [6.45, 7) is 0.518. The number of piperidine rings is 1. The van der Waals surface area contributed by atoms with E-state index in [-0.39, 0.29) is 11.4 Å². The number of benzene rings is 1. The van der Waals surface area contributed by atoms with Crippen molar-refractivity contribution < 1.29 is 9.85 Å². The molecule has 0 amide bonds. The summed E-state index contributed by atoms with van der Waals surface area (Å²) in [6.07, 6.45) is 3.55. The van der Waals surface area contributed by atoms with Crippen LogP contribution in [0.4, 0.5) is 11.4 Å². The molecule has 0 radical (unpaired) electrons. The molecule has 7 nitrogen and oxygen atoms in total. The van der Waals surface area contributed by atoms with Gasteiger partial charge in [-0.2, -0.15) is 0 Å². The summed E-state index contributed by atoms with van der Waals surface area (Å²) < 4.78 is 0. The van der Waals surface area contributed by atoms with E-state index in [1.165, 1.54) is 18.6 Å². The predicted octanol–water partition coefficient (Wildman–Crippen LogP) is 2.24. The molecule has 3 rings (SSSR count). The van der Waals surface area contributed by atoms with Crippen LogP contribution in [0.1, 0.15) is 24.8 Å². The van der Waals surface area contributed by atoms with E-state index in [9.17, 15) is 20.2 Å². The quantitative estimate of drug-likeness (QED) is 0.472. The highest BCUT2D eigenvalue weighted by Crippen LogP contribution is 2.44. The molecule has 0 spiro atoms. The predicted molar refractivity (Wildman–Crippen MR) is 66.7 cm³/mol. The Labute approximate surface area is 109 Å². The second kappa shape index (κ2) is 4.27. The van der Waals surface area contributed by atoms with Gasteiger partial charge in [0.2, 0.25) is 0 Å². The first-order valence-electron chi connectivity index (χ1n) is 6.25. The fraction of sp³-hybridized carbons (Fsp3) is 0.500. The van der Waals surface area contributed by atoms with Crippen molar-refractivity contribution in [2.75, 3.05) is 0 Å². The van der Waals surface area contributed by atoms with E-state index >= 15 is 0 Å². The number of nitro benzene ring substituents is 2. The highest BCUT2D eigenvalue weighted by molar-refractivity contribution is 5.49. The van der Waals surface area contributed by atoms with E-state index in [2.05, 4.69) is 4.90 Å². The molecule has 1 aromatic carbocycles. The average Bonchev–Trinajstić information content (AvgIpc) is 2.82. The van der Waals surface area contributed by atoms with Gasteiger partial charge in [0.25, 0.3) is 11.4 Å². The molecule has 0 bridgehead atoms. The van der Waals surface area contributed by atoms with E-state index in [0.29, 0.717) is 24.2 Å². The Kier molecular flexibility index (Phi) is 2.70. The third-order valence-electron chi connectivity index (χ3n) is 4.04. The monoisotopic (exact) mass is 263 g/mol. The second-order valence-electron chi connectivity index (χ2n) is 5.07. The number of hydrogen-bond acceptors (Lipinski definition) is 5. The Balaban J connectivity index is 1.84.